The van der Waals surface area contributed by atoms with Crippen LogP contribution in [0.2, 0.25) is 0 Å². The highest BCUT2D eigenvalue weighted by molar-refractivity contribution is 5.98. The van der Waals surface area contributed by atoms with Gasteiger partial charge in [0.1, 0.15) is 0 Å². The van der Waals surface area contributed by atoms with Gasteiger partial charge in [-0.25, -0.2) is 19.3 Å². The van der Waals surface area contributed by atoms with Crippen molar-refractivity contribution in [3.8, 4) is 34.7 Å². The molecule has 3 heterocycles. The summed E-state index contributed by atoms with van der Waals surface area (Å²) in [6.45, 7) is 0. The molecule has 1 saturated carbocycles. The molecule has 0 bridgehead atoms. The fraction of sp³-hybridized carbons (Fsp3) is 0.294. The van der Waals surface area contributed by atoms with Crippen molar-refractivity contribution in [2.24, 2.45) is 0 Å². The molecular formula is C34H34ClN5O3. The Morgan fingerprint density at radius 3 is 2.56 bits per heavy atom. The summed E-state index contributed by atoms with van der Waals surface area (Å²) in [5.41, 5.74) is 5.39. The number of aromatic amines is 1. The van der Waals surface area contributed by atoms with Crippen molar-refractivity contribution >= 4 is 34.9 Å². The maximum Gasteiger partial charge on any atom is 0.347 e. The number of hydrogen-bond acceptors (Lipinski definition) is 5. The molecule has 43 heavy (non-hydrogen) atoms. The first-order valence-electron chi connectivity index (χ1n) is 14.5. The van der Waals surface area contributed by atoms with Crippen LogP contribution in [0.5, 0.6) is 0 Å². The van der Waals surface area contributed by atoms with E-state index in [2.05, 4.69) is 45.7 Å². The molecule has 0 radical (unpaired) electrons. The number of carbonyl (C=O) groups excluding carboxylic acids is 1. The van der Waals surface area contributed by atoms with Crippen LogP contribution in [0.4, 0.5) is 0 Å². The number of aliphatic hydroxyl groups excluding tert-OH is 1. The second-order valence-electron chi connectivity index (χ2n) is 11.1. The monoisotopic (exact) mass is 595 g/mol. The largest absolute Gasteiger partial charge is 0.393 e. The predicted octanol–water partition coefficient (Wildman–Crippen LogP) is 5.77. The van der Waals surface area contributed by atoms with E-state index in [1.165, 1.54) is 4.40 Å². The van der Waals surface area contributed by atoms with Crippen LogP contribution in [0, 0.1) is 12.3 Å². The summed E-state index contributed by atoms with van der Waals surface area (Å²) < 4.78 is 1.49. The number of nitrogens with zero attached hydrogens (tertiary/aromatic N) is 3. The normalized spacial score (nSPS) is 14.4. The minimum Gasteiger partial charge on any atom is -0.393 e. The lowest BCUT2D eigenvalue weighted by molar-refractivity contribution is -0.125. The lowest BCUT2D eigenvalue weighted by Gasteiger charge is -2.43. The molecule has 1 fully saturated rings. The number of pyridine rings is 2. The smallest absolute Gasteiger partial charge is 0.347 e. The van der Waals surface area contributed by atoms with E-state index in [1.807, 2.05) is 42.5 Å². The topological polar surface area (TPSA) is 112 Å². The molecule has 8 nitrogen and oxygen atoms in total. The van der Waals surface area contributed by atoms with Crippen molar-refractivity contribution in [2.75, 3.05) is 0 Å². The van der Waals surface area contributed by atoms with Gasteiger partial charge < -0.3 is 10.4 Å². The van der Waals surface area contributed by atoms with Crippen molar-refractivity contribution in [3.05, 3.63) is 89.0 Å². The van der Waals surface area contributed by atoms with E-state index in [-0.39, 0.29) is 36.0 Å². The molecular weight excluding hydrogens is 562 g/mol. The number of carbonyl (C=O) groups is 1. The van der Waals surface area contributed by atoms with E-state index in [0.717, 1.165) is 64.5 Å². The van der Waals surface area contributed by atoms with E-state index >= 15 is 0 Å². The number of halogens is 1. The predicted molar refractivity (Wildman–Crippen MR) is 171 cm³/mol. The molecule has 1 amide bonds. The Kier molecular flexibility index (Phi) is 8.95. The summed E-state index contributed by atoms with van der Waals surface area (Å²) in [7, 11) is 0. The molecule has 1 atom stereocenters. The SMILES string of the molecule is C#CCCCC(O)CCC(=O)NC1(c2ccc(-c3nc4ccn5c(=O)[nH]nc5c4cc3-c3ccccc3)cc2)CCC1.Cl. The van der Waals surface area contributed by atoms with Crippen LogP contribution < -0.4 is 11.0 Å². The molecule has 0 saturated heterocycles. The first-order chi connectivity index (χ1) is 20.5. The fourth-order valence-corrected chi connectivity index (χ4v) is 5.84. The minimum absolute atomic E-state index is 0. The van der Waals surface area contributed by atoms with Crippen molar-refractivity contribution in [3.63, 3.8) is 0 Å². The van der Waals surface area contributed by atoms with Gasteiger partial charge in [-0.1, -0.05) is 54.6 Å². The van der Waals surface area contributed by atoms with E-state index in [4.69, 9.17) is 11.4 Å². The van der Waals surface area contributed by atoms with Crippen LogP contribution in [0.15, 0.2) is 77.7 Å². The van der Waals surface area contributed by atoms with Crippen LogP contribution in [-0.2, 0) is 10.3 Å². The first-order valence-corrected chi connectivity index (χ1v) is 14.5. The van der Waals surface area contributed by atoms with E-state index in [0.29, 0.717) is 24.9 Å². The van der Waals surface area contributed by atoms with Gasteiger partial charge in [-0.3, -0.25) is 4.79 Å². The summed E-state index contributed by atoms with van der Waals surface area (Å²) in [6, 6.07) is 22.2. The molecule has 2 aromatic carbocycles. The Morgan fingerprint density at radius 2 is 1.86 bits per heavy atom. The zero-order valence-electron chi connectivity index (χ0n) is 23.8. The summed E-state index contributed by atoms with van der Waals surface area (Å²) in [5, 5.41) is 21.0. The Balaban J connectivity index is 0.00000368. The molecule has 6 rings (SSSR count). The summed E-state index contributed by atoms with van der Waals surface area (Å²) in [6.07, 6.45) is 12.0. The first kappa shape index (κ1) is 30.0. The van der Waals surface area contributed by atoms with Gasteiger partial charge in [-0.05, 0) is 61.8 Å². The van der Waals surface area contributed by atoms with Crippen LogP contribution in [0.25, 0.3) is 38.9 Å². The lowest BCUT2D eigenvalue weighted by Crippen LogP contribution is -2.50. The zero-order valence-corrected chi connectivity index (χ0v) is 24.6. The zero-order chi connectivity index (χ0) is 29.1. The van der Waals surface area contributed by atoms with Crippen molar-refractivity contribution in [1.29, 1.82) is 0 Å². The number of benzene rings is 2. The summed E-state index contributed by atoms with van der Waals surface area (Å²) in [5.74, 6) is 2.54. The second-order valence-corrected chi connectivity index (χ2v) is 11.1. The number of terminal acetylenes is 1. The van der Waals surface area contributed by atoms with Gasteiger partial charge >= 0.3 is 5.69 Å². The molecule has 0 aliphatic heterocycles. The van der Waals surface area contributed by atoms with E-state index in [1.54, 1.807) is 6.20 Å². The second kappa shape index (κ2) is 12.8. The summed E-state index contributed by atoms with van der Waals surface area (Å²) >= 11 is 0. The highest BCUT2D eigenvalue weighted by atomic mass is 35.5. The summed E-state index contributed by atoms with van der Waals surface area (Å²) in [4.78, 5) is 30.1. The Bertz CT molecular complexity index is 1840. The quantitative estimate of drug-likeness (QED) is 0.140. The number of rotatable bonds is 10. The highest BCUT2D eigenvalue weighted by Crippen LogP contribution is 2.42. The van der Waals surface area contributed by atoms with Crippen molar-refractivity contribution < 1.29 is 9.90 Å². The van der Waals surface area contributed by atoms with E-state index in [9.17, 15) is 14.7 Å². The maximum atomic E-state index is 12.9. The number of unbranched alkanes of at least 4 members (excludes halogenated alkanes) is 1. The Morgan fingerprint density at radius 1 is 1.09 bits per heavy atom. The van der Waals surface area contributed by atoms with Gasteiger partial charge in [0.05, 0.1) is 22.9 Å². The molecule has 1 unspecified atom stereocenters. The molecule has 3 aromatic heterocycles. The maximum absolute atomic E-state index is 12.9. The third-order valence-corrected chi connectivity index (χ3v) is 8.32. The van der Waals surface area contributed by atoms with Crippen LogP contribution >= 0.6 is 12.4 Å². The van der Waals surface area contributed by atoms with Gasteiger partial charge in [-0.15, -0.1) is 24.8 Å². The van der Waals surface area contributed by atoms with Crippen LogP contribution in [-0.4, -0.2) is 36.7 Å². The molecule has 1 aliphatic carbocycles. The van der Waals surface area contributed by atoms with Crippen molar-refractivity contribution in [1.82, 2.24) is 24.9 Å². The molecule has 5 aromatic rings. The number of H-pyrrole nitrogens is 1. The van der Waals surface area contributed by atoms with Crippen LogP contribution in [0.1, 0.15) is 56.9 Å². The Hall–Kier alpha value is -4.45. The highest BCUT2D eigenvalue weighted by Gasteiger charge is 2.40. The standard InChI is InChI=1S/C34H33N5O3.ClH/c1-2-3-5-11-26(40)16-17-30(41)36-34(19-8-20-34)25-14-12-24(13-15-25)31-27(23-9-6-4-7-10-23)22-28-29(35-31)18-21-39-32(28)37-38-33(39)42;/h1,4,6-7,9-10,12-15,18,21-22,26,40H,3,5,8,11,16-17,19-20H2,(H,36,41)(H,38,42);1H. The number of hydrogen-bond donors (Lipinski definition) is 3. The number of amides is 1. The van der Waals surface area contributed by atoms with Crippen LogP contribution in [0.3, 0.4) is 0 Å². The van der Waals surface area contributed by atoms with Gasteiger partial charge in [0.25, 0.3) is 0 Å². The third kappa shape index (κ3) is 6.05. The number of nitrogens with one attached hydrogen (secondary N) is 2. The molecule has 1 aliphatic rings. The minimum atomic E-state index is -0.515. The number of aromatic nitrogens is 4. The van der Waals surface area contributed by atoms with Gasteiger partial charge in [0.15, 0.2) is 5.65 Å². The van der Waals surface area contributed by atoms with Gasteiger partial charge in [0.2, 0.25) is 5.91 Å². The average molecular weight is 596 g/mol. The average Bonchev–Trinajstić information content (AvgIpc) is 3.39. The van der Waals surface area contributed by atoms with Gasteiger partial charge in [-0.2, -0.15) is 5.10 Å². The molecule has 220 valence electrons. The molecule has 9 heteroatoms. The number of aliphatic hydroxyl groups is 1. The van der Waals surface area contributed by atoms with E-state index < -0.39 is 6.10 Å². The van der Waals surface area contributed by atoms with Crippen molar-refractivity contribution in [2.45, 2.75) is 63.0 Å². The fourth-order valence-electron chi connectivity index (χ4n) is 5.84. The lowest BCUT2D eigenvalue weighted by atomic mass is 9.71. The molecule has 0 spiro atoms. The third-order valence-electron chi connectivity index (χ3n) is 8.32. The Labute approximate surface area is 256 Å². The number of fused-ring (bicyclic) bond motifs is 3. The van der Waals surface area contributed by atoms with Gasteiger partial charge in [0, 0.05) is 35.6 Å². The molecule has 3 N–H and O–H groups in total.